The second-order valence-corrected chi connectivity index (χ2v) is 5.22. The lowest BCUT2D eigenvalue weighted by atomic mass is 9.89. The Morgan fingerprint density at radius 1 is 1.22 bits per heavy atom. The van der Waals surface area contributed by atoms with E-state index in [0.717, 1.165) is 25.1 Å². The van der Waals surface area contributed by atoms with Gasteiger partial charge in [-0.1, -0.05) is 12.1 Å². The molecule has 0 aliphatic heterocycles. The average molecular weight is 249 g/mol. The SMILES string of the molecule is COC1CC(NCc2ccc(OC(C)C)cc2)C1. The van der Waals surface area contributed by atoms with Gasteiger partial charge in [0, 0.05) is 19.7 Å². The summed E-state index contributed by atoms with van der Waals surface area (Å²) < 4.78 is 10.9. The van der Waals surface area contributed by atoms with E-state index < -0.39 is 0 Å². The molecular formula is C15H23NO2. The van der Waals surface area contributed by atoms with Gasteiger partial charge in [-0.25, -0.2) is 0 Å². The van der Waals surface area contributed by atoms with Crippen molar-refractivity contribution in [1.29, 1.82) is 0 Å². The second kappa shape index (κ2) is 6.21. The van der Waals surface area contributed by atoms with Gasteiger partial charge in [0.15, 0.2) is 0 Å². The van der Waals surface area contributed by atoms with E-state index in [9.17, 15) is 0 Å². The van der Waals surface area contributed by atoms with E-state index in [1.807, 2.05) is 26.0 Å². The van der Waals surface area contributed by atoms with Gasteiger partial charge in [-0.15, -0.1) is 0 Å². The number of nitrogens with one attached hydrogen (secondary N) is 1. The highest BCUT2D eigenvalue weighted by Gasteiger charge is 2.28. The fourth-order valence-electron chi connectivity index (χ4n) is 2.14. The Balaban J connectivity index is 1.73. The van der Waals surface area contributed by atoms with Gasteiger partial charge in [-0.2, -0.15) is 0 Å². The zero-order valence-electron chi connectivity index (χ0n) is 11.5. The molecule has 0 radical (unpaired) electrons. The zero-order valence-corrected chi connectivity index (χ0v) is 11.5. The number of hydrogen-bond acceptors (Lipinski definition) is 3. The van der Waals surface area contributed by atoms with Crippen LogP contribution in [0.25, 0.3) is 0 Å². The third-order valence-corrected chi connectivity index (χ3v) is 3.32. The van der Waals surface area contributed by atoms with E-state index in [-0.39, 0.29) is 6.10 Å². The maximum atomic E-state index is 5.62. The Hall–Kier alpha value is -1.06. The molecule has 3 nitrogen and oxygen atoms in total. The van der Waals surface area contributed by atoms with Crippen LogP contribution in [0.1, 0.15) is 32.3 Å². The van der Waals surface area contributed by atoms with Crippen molar-refractivity contribution in [2.45, 2.75) is 51.5 Å². The lowest BCUT2D eigenvalue weighted by Crippen LogP contribution is -2.44. The van der Waals surface area contributed by atoms with Crippen molar-refractivity contribution in [3.63, 3.8) is 0 Å². The van der Waals surface area contributed by atoms with Gasteiger partial charge < -0.3 is 14.8 Å². The summed E-state index contributed by atoms with van der Waals surface area (Å²) in [5, 5.41) is 3.54. The highest BCUT2D eigenvalue weighted by Crippen LogP contribution is 2.23. The van der Waals surface area contributed by atoms with Crippen LogP contribution in [0.3, 0.4) is 0 Å². The maximum absolute atomic E-state index is 5.62. The summed E-state index contributed by atoms with van der Waals surface area (Å²) in [6, 6.07) is 8.93. The minimum Gasteiger partial charge on any atom is -0.491 e. The summed E-state index contributed by atoms with van der Waals surface area (Å²) in [5.74, 6) is 0.942. The predicted molar refractivity (Wildman–Crippen MR) is 72.9 cm³/mol. The van der Waals surface area contributed by atoms with Crippen LogP contribution in [0.4, 0.5) is 0 Å². The molecule has 18 heavy (non-hydrogen) atoms. The van der Waals surface area contributed by atoms with E-state index in [2.05, 4.69) is 17.4 Å². The molecule has 1 aromatic rings. The summed E-state index contributed by atoms with van der Waals surface area (Å²) in [6.45, 7) is 5.00. The molecule has 100 valence electrons. The first-order valence-corrected chi connectivity index (χ1v) is 6.69. The highest BCUT2D eigenvalue weighted by atomic mass is 16.5. The highest BCUT2D eigenvalue weighted by molar-refractivity contribution is 5.27. The van der Waals surface area contributed by atoms with Gasteiger partial charge in [0.1, 0.15) is 5.75 Å². The standard InChI is InChI=1S/C15H23NO2/c1-11(2)18-14-6-4-12(5-7-14)10-16-13-8-15(9-13)17-3/h4-7,11,13,15-16H,8-10H2,1-3H3. The van der Waals surface area contributed by atoms with Crippen LogP contribution in [-0.4, -0.2) is 25.4 Å². The molecule has 0 bridgehead atoms. The minimum atomic E-state index is 0.231. The van der Waals surface area contributed by atoms with Crippen LogP contribution < -0.4 is 10.1 Å². The molecule has 0 unspecified atom stereocenters. The van der Waals surface area contributed by atoms with Gasteiger partial charge in [-0.05, 0) is 44.4 Å². The fraction of sp³-hybridized carbons (Fsp3) is 0.600. The number of benzene rings is 1. The van der Waals surface area contributed by atoms with Gasteiger partial charge in [0.05, 0.1) is 12.2 Å². The molecule has 0 spiro atoms. The predicted octanol–water partition coefficient (Wildman–Crippen LogP) is 2.74. The van der Waals surface area contributed by atoms with Crippen LogP contribution in [0.15, 0.2) is 24.3 Å². The molecule has 1 aliphatic rings. The van der Waals surface area contributed by atoms with Gasteiger partial charge >= 0.3 is 0 Å². The Morgan fingerprint density at radius 3 is 2.44 bits per heavy atom. The van der Waals surface area contributed by atoms with Crippen molar-refractivity contribution in [2.75, 3.05) is 7.11 Å². The van der Waals surface area contributed by atoms with Crippen LogP contribution >= 0.6 is 0 Å². The molecule has 1 saturated carbocycles. The number of hydrogen-bond donors (Lipinski definition) is 1. The maximum Gasteiger partial charge on any atom is 0.119 e. The first-order valence-electron chi connectivity index (χ1n) is 6.69. The lowest BCUT2D eigenvalue weighted by Gasteiger charge is -2.34. The molecule has 0 amide bonds. The summed E-state index contributed by atoms with van der Waals surface area (Å²) >= 11 is 0. The Morgan fingerprint density at radius 2 is 1.89 bits per heavy atom. The zero-order chi connectivity index (χ0) is 13.0. The van der Waals surface area contributed by atoms with Gasteiger partial charge in [-0.3, -0.25) is 0 Å². The molecule has 0 aromatic heterocycles. The third kappa shape index (κ3) is 3.72. The second-order valence-electron chi connectivity index (χ2n) is 5.22. The van der Waals surface area contributed by atoms with Gasteiger partial charge in [0.25, 0.3) is 0 Å². The van der Waals surface area contributed by atoms with Crippen LogP contribution in [0.2, 0.25) is 0 Å². The van der Waals surface area contributed by atoms with E-state index in [4.69, 9.17) is 9.47 Å². The molecule has 1 aromatic carbocycles. The minimum absolute atomic E-state index is 0.231. The van der Waals surface area contributed by atoms with E-state index >= 15 is 0 Å². The summed E-state index contributed by atoms with van der Waals surface area (Å²) in [6.07, 6.45) is 2.95. The van der Waals surface area contributed by atoms with Crippen molar-refractivity contribution in [3.05, 3.63) is 29.8 Å². The third-order valence-electron chi connectivity index (χ3n) is 3.32. The first kappa shape index (κ1) is 13.4. The van der Waals surface area contributed by atoms with Gasteiger partial charge in [0.2, 0.25) is 0 Å². The molecule has 3 heteroatoms. The van der Waals surface area contributed by atoms with Crippen molar-refractivity contribution >= 4 is 0 Å². The van der Waals surface area contributed by atoms with Crippen molar-refractivity contribution < 1.29 is 9.47 Å². The molecule has 0 heterocycles. The molecule has 1 aliphatic carbocycles. The molecule has 2 rings (SSSR count). The van der Waals surface area contributed by atoms with E-state index in [1.54, 1.807) is 7.11 Å². The van der Waals surface area contributed by atoms with Crippen molar-refractivity contribution in [2.24, 2.45) is 0 Å². The lowest BCUT2D eigenvalue weighted by molar-refractivity contribution is 0.0170. The fourth-order valence-corrected chi connectivity index (χ4v) is 2.14. The van der Waals surface area contributed by atoms with Crippen molar-refractivity contribution in [1.82, 2.24) is 5.32 Å². The van der Waals surface area contributed by atoms with Crippen LogP contribution in [0, 0.1) is 0 Å². The average Bonchev–Trinajstić information content (AvgIpc) is 2.29. The molecule has 0 atom stereocenters. The largest absolute Gasteiger partial charge is 0.491 e. The smallest absolute Gasteiger partial charge is 0.119 e. The van der Waals surface area contributed by atoms with Crippen molar-refractivity contribution in [3.8, 4) is 5.75 Å². The molecule has 1 N–H and O–H groups in total. The number of methoxy groups -OCH3 is 1. The van der Waals surface area contributed by atoms with E-state index in [1.165, 1.54) is 5.56 Å². The quantitative estimate of drug-likeness (QED) is 0.841. The number of ether oxygens (including phenoxy) is 2. The Bertz CT molecular complexity index is 355. The normalized spacial score (nSPS) is 22.9. The van der Waals surface area contributed by atoms with Crippen LogP contribution in [-0.2, 0) is 11.3 Å². The van der Waals surface area contributed by atoms with E-state index in [0.29, 0.717) is 12.1 Å². The topological polar surface area (TPSA) is 30.5 Å². The molecular weight excluding hydrogens is 226 g/mol. The Labute approximate surface area is 109 Å². The number of rotatable bonds is 6. The first-order chi connectivity index (χ1) is 8.67. The summed E-state index contributed by atoms with van der Waals surface area (Å²) in [4.78, 5) is 0. The summed E-state index contributed by atoms with van der Waals surface area (Å²) in [5.41, 5.74) is 1.30. The molecule has 0 saturated heterocycles. The van der Waals surface area contributed by atoms with Crippen LogP contribution in [0.5, 0.6) is 5.75 Å². The molecule has 1 fully saturated rings. The summed E-state index contributed by atoms with van der Waals surface area (Å²) in [7, 11) is 1.79. The monoisotopic (exact) mass is 249 g/mol. The Kier molecular flexibility index (Phi) is 4.61.